The van der Waals surface area contributed by atoms with E-state index in [0.29, 0.717) is 19.4 Å². The Morgan fingerprint density at radius 2 is 1.69 bits per heavy atom. The maximum Gasteiger partial charge on any atom is 0.294 e. The molecule has 1 aromatic carbocycles. The van der Waals surface area contributed by atoms with Crippen LogP contribution < -0.4 is 5.32 Å². The fourth-order valence-electron chi connectivity index (χ4n) is 2.50. The predicted molar refractivity (Wildman–Crippen MR) is 97.0 cm³/mol. The predicted octanol–water partition coefficient (Wildman–Crippen LogP) is 1.81. The summed E-state index contributed by atoms with van der Waals surface area (Å²) in [5.41, 5.74) is 0.956. The Bertz CT molecular complexity index is 786. The van der Waals surface area contributed by atoms with Gasteiger partial charge in [-0.15, -0.1) is 0 Å². The van der Waals surface area contributed by atoms with Crippen LogP contribution in [0.2, 0.25) is 0 Å². The molecule has 0 aromatic heterocycles. The highest BCUT2D eigenvalue weighted by atomic mass is 32.2. The maximum absolute atomic E-state index is 11.4. The number of benzene rings is 1. The van der Waals surface area contributed by atoms with Gasteiger partial charge in [-0.1, -0.05) is 24.1 Å². The van der Waals surface area contributed by atoms with Crippen molar-refractivity contribution in [1.29, 1.82) is 0 Å². The van der Waals surface area contributed by atoms with Crippen molar-refractivity contribution in [1.82, 2.24) is 5.32 Å². The highest BCUT2D eigenvalue weighted by Crippen LogP contribution is 2.18. The number of nitrogens with one attached hydrogen (secondary N) is 1. The lowest BCUT2D eigenvalue weighted by Gasteiger charge is -2.11. The SMILES string of the molecule is Cc1ccc(S(=O)(=O)O)cc1.O=C1NCCCCC1CCCS(=O)(=O)O. The van der Waals surface area contributed by atoms with Gasteiger partial charge in [0.05, 0.1) is 10.6 Å². The smallest absolute Gasteiger partial charge is 0.294 e. The Morgan fingerprint density at radius 1 is 1.08 bits per heavy atom. The molecule has 3 N–H and O–H groups in total. The lowest BCUT2D eigenvalue weighted by Crippen LogP contribution is -2.29. The second kappa shape index (κ2) is 10.0. The lowest BCUT2D eigenvalue weighted by molar-refractivity contribution is -0.124. The average molecular weight is 408 g/mol. The number of amides is 1. The topological polar surface area (TPSA) is 138 Å². The number of carbonyl (C=O) groups excluding carboxylic acids is 1. The molecule has 0 aliphatic carbocycles. The molecule has 0 bridgehead atoms. The fraction of sp³-hybridized carbons (Fsp3) is 0.562. The normalized spacial score (nSPS) is 18.3. The molecule has 1 amide bonds. The summed E-state index contributed by atoms with van der Waals surface area (Å²) >= 11 is 0. The van der Waals surface area contributed by atoms with Crippen LogP contribution in [0.4, 0.5) is 0 Å². The number of carbonyl (C=O) groups is 1. The first-order chi connectivity index (χ1) is 12.0. The molecule has 26 heavy (non-hydrogen) atoms. The van der Waals surface area contributed by atoms with E-state index >= 15 is 0 Å². The maximum atomic E-state index is 11.4. The average Bonchev–Trinajstić information content (AvgIpc) is 2.71. The lowest BCUT2D eigenvalue weighted by atomic mass is 9.98. The molecule has 8 nitrogen and oxygen atoms in total. The van der Waals surface area contributed by atoms with Crippen LogP contribution in [0.15, 0.2) is 29.2 Å². The third-order valence-corrected chi connectivity index (χ3v) is 5.60. The molecular weight excluding hydrogens is 382 g/mol. The van der Waals surface area contributed by atoms with Crippen molar-refractivity contribution in [2.24, 2.45) is 5.92 Å². The Kier molecular flexibility index (Phi) is 8.68. The van der Waals surface area contributed by atoms with Gasteiger partial charge in [-0.2, -0.15) is 16.8 Å². The van der Waals surface area contributed by atoms with Gasteiger partial charge < -0.3 is 5.32 Å². The number of rotatable bonds is 5. The van der Waals surface area contributed by atoms with E-state index in [0.717, 1.165) is 24.8 Å². The zero-order valence-corrected chi connectivity index (χ0v) is 16.2. The number of hydrogen-bond donors (Lipinski definition) is 3. The third kappa shape index (κ3) is 9.27. The Hall–Kier alpha value is -1.49. The van der Waals surface area contributed by atoms with Gasteiger partial charge >= 0.3 is 0 Å². The standard InChI is InChI=1S/C9H17NO4S.C7H8O3S/c11-9-8(4-1-2-6-10-9)5-3-7-15(12,13)14;1-6-2-4-7(5-3-6)11(8,9)10/h8H,1-7H2,(H,10,11)(H,12,13,14);2-5H,1H3,(H,8,9,10). The van der Waals surface area contributed by atoms with Gasteiger partial charge in [0.25, 0.3) is 20.2 Å². The fourth-order valence-corrected chi connectivity index (χ4v) is 3.51. The summed E-state index contributed by atoms with van der Waals surface area (Å²) in [5, 5.41) is 2.79. The minimum Gasteiger partial charge on any atom is -0.356 e. The Labute approximate surface area is 154 Å². The molecule has 1 unspecified atom stereocenters. The van der Waals surface area contributed by atoms with Crippen molar-refractivity contribution < 1.29 is 30.7 Å². The molecule has 148 valence electrons. The molecule has 1 aromatic rings. The summed E-state index contributed by atoms with van der Waals surface area (Å²) in [6, 6.07) is 5.99. The third-order valence-electron chi connectivity index (χ3n) is 3.92. The van der Waals surface area contributed by atoms with E-state index < -0.39 is 20.2 Å². The molecule has 1 fully saturated rings. The second-order valence-electron chi connectivity index (χ2n) is 6.20. The van der Waals surface area contributed by atoms with Gasteiger partial charge in [-0.05, 0) is 44.7 Å². The summed E-state index contributed by atoms with van der Waals surface area (Å²) in [6.07, 6.45) is 3.68. The van der Waals surface area contributed by atoms with Gasteiger partial charge in [0.2, 0.25) is 5.91 Å². The highest BCUT2D eigenvalue weighted by Gasteiger charge is 2.20. The second-order valence-corrected chi connectivity index (χ2v) is 9.19. The van der Waals surface area contributed by atoms with Crippen molar-refractivity contribution in [3.63, 3.8) is 0 Å². The van der Waals surface area contributed by atoms with Gasteiger partial charge in [0.15, 0.2) is 0 Å². The molecule has 1 atom stereocenters. The van der Waals surface area contributed by atoms with Crippen LogP contribution in [0.1, 0.15) is 37.7 Å². The zero-order valence-electron chi connectivity index (χ0n) is 14.6. The summed E-state index contributed by atoms with van der Waals surface area (Å²) in [6.45, 7) is 2.56. The largest absolute Gasteiger partial charge is 0.356 e. The molecule has 1 aliphatic rings. The molecule has 1 aliphatic heterocycles. The monoisotopic (exact) mass is 407 g/mol. The minimum atomic E-state index is -4.02. The van der Waals surface area contributed by atoms with Gasteiger partial charge in [0.1, 0.15) is 0 Å². The van der Waals surface area contributed by atoms with Crippen molar-refractivity contribution >= 4 is 26.1 Å². The van der Waals surface area contributed by atoms with Crippen molar-refractivity contribution in [3.05, 3.63) is 29.8 Å². The van der Waals surface area contributed by atoms with Crippen molar-refractivity contribution in [3.8, 4) is 0 Å². The van der Waals surface area contributed by atoms with Crippen LogP contribution in [0.5, 0.6) is 0 Å². The van der Waals surface area contributed by atoms with Crippen molar-refractivity contribution in [2.45, 2.75) is 43.9 Å². The molecule has 2 rings (SSSR count). The molecule has 1 saturated heterocycles. The summed E-state index contributed by atoms with van der Waals surface area (Å²) < 4.78 is 59.0. The molecule has 10 heteroatoms. The first kappa shape index (κ1) is 22.6. The van der Waals surface area contributed by atoms with E-state index in [1.165, 1.54) is 12.1 Å². The van der Waals surface area contributed by atoms with E-state index in [9.17, 15) is 21.6 Å². The Balaban J connectivity index is 0.000000273. The van der Waals surface area contributed by atoms with E-state index in [1.807, 2.05) is 6.92 Å². The summed E-state index contributed by atoms with van der Waals surface area (Å²) in [4.78, 5) is 11.4. The van der Waals surface area contributed by atoms with Crippen LogP contribution in [-0.2, 0) is 25.0 Å². The van der Waals surface area contributed by atoms with Crippen molar-refractivity contribution in [2.75, 3.05) is 12.3 Å². The zero-order chi connectivity index (χ0) is 19.8. The van der Waals surface area contributed by atoms with Gasteiger partial charge in [-0.25, -0.2) is 0 Å². The van der Waals surface area contributed by atoms with Crippen LogP contribution in [-0.4, -0.2) is 44.1 Å². The van der Waals surface area contributed by atoms with E-state index in [2.05, 4.69) is 5.32 Å². The van der Waals surface area contributed by atoms with E-state index in [-0.39, 0.29) is 22.5 Å². The van der Waals surface area contributed by atoms with E-state index in [4.69, 9.17) is 9.11 Å². The quantitative estimate of drug-likeness (QED) is 0.633. The van der Waals surface area contributed by atoms with Crippen LogP contribution in [0.3, 0.4) is 0 Å². The highest BCUT2D eigenvalue weighted by molar-refractivity contribution is 7.86. The molecule has 1 heterocycles. The first-order valence-corrected chi connectivity index (χ1v) is 11.3. The molecule has 0 saturated carbocycles. The van der Waals surface area contributed by atoms with Crippen LogP contribution >= 0.6 is 0 Å². The Morgan fingerprint density at radius 3 is 2.23 bits per heavy atom. The summed E-state index contributed by atoms with van der Waals surface area (Å²) in [5.74, 6) is -0.325. The first-order valence-electron chi connectivity index (χ1n) is 8.26. The van der Waals surface area contributed by atoms with Gasteiger partial charge in [-0.3, -0.25) is 13.9 Å². The number of aryl methyl sites for hydroxylation is 1. The molecular formula is C16H25NO7S2. The van der Waals surface area contributed by atoms with Gasteiger partial charge in [0, 0.05) is 12.5 Å². The summed E-state index contributed by atoms with van der Waals surface area (Å²) in [7, 11) is -7.90. The molecule has 0 radical (unpaired) electrons. The number of hydrogen-bond acceptors (Lipinski definition) is 5. The minimum absolute atomic E-state index is 0.0165. The van der Waals surface area contributed by atoms with Crippen LogP contribution in [0.25, 0.3) is 0 Å². The van der Waals surface area contributed by atoms with E-state index in [1.54, 1.807) is 12.1 Å². The van der Waals surface area contributed by atoms with Crippen LogP contribution in [0, 0.1) is 12.8 Å². The molecule has 0 spiro atoms.